The summed E-state index contributed by atoms with van der Waals surface area (Å²) < 4.78 is 16.2. The zero-order valence-corrected chi connectivity index (χ0v) is 10.1. The van der Waals surface area contributed by atoms with Gasteiger partial charge in [0.15, 0.2) is 5.75 Å². The van der Waals surface area contributed by atoms with E-state index in [4.69, 9.17) is 19.9 Å². The molecule has 0 spiro atoms. The summed E-state index contributed by atoms with van der Waals surface area (Å²) in [5.74, 6) is 1.16. The summed E-state index contributed by atoms with van der Waals surface area (Å²) in [5.41, 5.74) is 6.18. The van der Waals surface area contributed by atoms with Crippen LogP contribution in [-0.4, -0.2) is 28.4 Å². The zero-order valence-electron chi connectivity index (χ0n) is 9.33. The highest BCUT2D eigenvalue weighted by Gasteiger charge is 2.13. The van der Waals surface area contributed by atoms with Crippen LogP contribution in [-0.2, 0) is 6.61 Å². The van der Waals surface area contributed by atoms with Gasteiger partial charge in [-0.25, -0.2) is 4.98 Å². The Morgan fingerprint density at radius 1 is 1.28 bits per heavy atom. The predicted octanol–water partition coefficient (Wildman–Crippen LogP) is 0.865. The quantitative estimate of drug-likeness (QED) is 0.880. The average molecular weight is 266 g/mol. The number of nitrogen functional groups attached to an aromatic ring is 1. The van der Waals surface area contributed by atoms with Crippen molar-refractivity contribution in [3.05, 3.63) is 17.8 Å². The van der Waals surface area contributed by atoms with Gasteiger partial charge >= 0.3 is 0 Å². The van der Waals surface area contributed by atoms with Crippen LogP contribution in [0.15, 0.2) is 12.1 Å². The maximum atomic E-state index is 5.45. The van der Waals surface area contributed by atoms with Crippen LogP contribution in [0, 0.1) is 0 Å². The van der Waals surface area contributed by atoms with E-state index in [1.54, 1.807) is 0 Å². The standard InChI is InChI=1S/C10H10N4O3S/c11-9-13-14-10(18-9)17-5-6-1-2-7-8(12-6)16-4-3-15-7/h1-2H,3-5H2,(H2,11,13). The number of nitrogens with zero attached hydrogens (tertiary/aromatic N) is 3. The number of ether oxygens (including phenoxy) is 3. The number of fused-ring (bicyclic) bond motifs is 1. The number of aromatic nitrogens is 3. The van der Waals surface area contributed by atoms with Crippen LogP contribution in [0.1, 0.15) is 5.69 Å². The fourth-order valence-corrected chi connectivity index (χ4v) is 1.92. The second-order valence-corrected chi connectivity index (χ2v) is 4.47. The van der Waals surface area contributed by atoms with Gasteiger partial charge in [0, 0.05) is 0 Å². The van der Waals surface area contributed by atoms with E-state index in [9.17, 15) is 0 Å². The van der Waals surface area contributed by atoms with Crippen molar-refractivity contribution < 1.29 is 14.2 Å². The highest BCUT2D eigenvalue weighted by Crippen LogP contribution is 2.28. The molecule has 0 unspecified atom stereocenters. The fraction of sp³-hybridized carbons (Fsp3) is 0.300. The summed E-state index contributed by atoms with van der Waals surface area (Å²) in [6, 6.07) is 3.63. The first-order valence-corrected chi connectivity index (χ1v) is 6.10. The monoisotopic (exact) mass is 266 g/mol. The minimum absolute atomic E-state index is 0.283. The van der Waals surface area contributed by atoms with E-state index in [1.807, 2.05) is 12.1 Å². The van der Waals surface area contributed by atoms with Crippen molar-refractivity contribution in [3.63, 3.8) is 0 Å². The van der Waals surface area contributed by atoms with Gasteiger partial charge in [0.05, 0.1) is 5.69 Å². The highest BCUT2D eigenvalue weighted by molar-refractivity contribution is 7.16. The average Bonchev–Trinajstić information content (AvgIpc) is 2.82. The second-order valence-electron chi connectivity index (χ2n) is 3.50. The molecule has 2 N–H and O–H groups in total. The number of hydrogen-bond donors (Lipinski definition) is 1. The third-order valence-electron chi connectivity index (χ3n) is 2.23. The Bertz CT molecular complexity index is 560. The number of anilines is 1. The zero-order chi connectivity index (χ0) is 12.4. The lowest BCUT2D eigenvalue weighted by Gasteiger charge is -2.17. The molecule has 0 atom stereocenters. The minimum Gasteiger partial charge on any atom is -0.484 e. The highest BCUT2D eigenvalue weighted by atomic mass is 32.1. The van der Waals surface area contributed by atoms with Crippen LogP contribution in [0.25, 0.3) is 0 Å². The minimum atomic E-state index is 0.283. The smallest absolute Gasteiger partial charge is 0.296 e. The molecule has 3 rings (SSSR count). The summed E-state index contributed by atoms with van der Waals surface area (Å²) in [5, 5.41) is 8.21. The molecule has 0 radical (unpaired) electrons. The lowest BCUT2D eigenvalue weighted by atomic mass is 10.3. The van der Waals surface area contributed by atoms with Crippen molar-refractivity contribution in [2.24, 2.45) is 0 Å². The van der Waals surface area contributed by atoms with E-state index in [0.717, 1.165) is 5.69 Å². The molecular weight excluding hydrogens is 256 g/mol. The van der Waals surface area contributed by atoms with Gasteiger partial charge < -0.3 is 19.9 Å². The number of hydrogen-bond acceptors (Lipinski definition) is 8. The Hall–Kier alpha value is -2.09. The van der Waals surface area contributed by atoms with Crippen molar-refractivity contribution in [1.29, 1.82) is 0 Å². The van der Waals surface area contributed by atoms with E-state index < -0.39 is 0 Å². The number of nitrogens with two attached hydrogens (primary N) is 1. The second kappa shape index (κ2) is 4.65. The first-order valence-electron chi connectivity index (χ1n) is 5.28. The van der Waals surface area contributed by atoms with Crippen molar-refractivity contribution in [2.45, 2.75) is 6.61 Å². The van der Waals surface area contributed by atoms with Crippen LogP contribution in [0.5, 0.6) is 16.8 Å². The number of rotatable bonds is 3. The molecule has 1 aliphatic heterocycles. The lowest BCUT2D eigenvalue weighted by molar-refractivity contribution is 0.163. The van der Waals surface area contributed by atoms with Gasteiger partial charge in [-0.15, -0.1) is 5.10 Å². The van der Waals surface area contributed by atoms with Gasteiger partial charge in [-0.3, -0.25) is 0 Å². The molecule has 1 aliphatic rings. The summed E-state index contributed by atoms with van der Waals surface area (Å²) in [7, 11) is 0. The van der Waals surface area contributed by atoms with E-state index in [-0.39, 0.29) is 6.61 Å². The van der Waals surface area contributed by atoms with E-state index in [2.05, 4.69) is 15.2 Å². The first-order chi connectivity index (χ1) is 8.81. The van der Waals surface area contributed by atoms with Gasteiger partial charge in [-0.1, -0.05) is 5.10 Å². The lowest BCUT2D eigenvalue weighted by Crippen LogP contribution is -2.17. The summed E-state index contributed by atoms with van der Waals surface area (Å²) >= 11 is 1.19. The van der Waals surface area contributed by atoms with Crippen molar-refractivity contribution >= 4 is 16.5 Å². The van der Waals surface area contributed by atoms with E-state index in [1.165, 1.54) is 11.3 Å². The van der Waals surface area contributed by atoms with Gasteiger partial charge in [0.1, 0.15) is 19.8 Å². The Kier molecular flexibility index (Phi) is 2.85. The van der Waals surface area contributed by atoms with E-state index in [0.29, 0.717) is 35.2 Å². The topological polar surface area (TPSA) is 92.4 Å². The molecule has 0 saturated heterocycles. The molecule has 0 aliphatic carbocycles. The molecule has 0 bridgehead atoms. The molecule has 3 heterocycles. The van der Waals surface area contributed by atoms with Gasteiger partial charge in [0.2, 0.25) is 5.13 Å². The summed E-state index contributed by atoms with van der Waals surface area (Å²) in [4.78, 5) is 4.29. The molecule has 8 heteroatoms. The molecule has 2 aromatic heterocycles. The normalized spacial score (nSPS) is 13.3. The molecule has 0 saturated carbocycles. The molecule has 7 nitrogen and oxygen atoms in total. The summed E-state index contributed by atoms with van der Waals surface area (Å²) in [6.45, 7) is 1.34. The molecule has 0 aromatic carbocycles. The Balaban J connectivity index is 1.69. The predicted molar refractivity (Wildman–Crippen MR) is 63.9 cm³/mol. The SMILES string of the molecule is Nc1nnc(OCc2ccc3c(n2)OCCO3)s1. The van der Waals surface area contributed by atoms with E-state index >= 15 is 0 Å². The molecule has 0 amide bonds. The maximum Gasteiger partial charge on any atom is 0.296 e. The van der Waals surface area contributed by atoms with Crippen LogP contribution >= 0.6 is 11.3 Å². The number of pyridine rings is 1. The van der Waals surface area contributed by atoms with Gasteiger partial charge in [0.25, 0.3) is 11.1 Å². The molecule has 2 aromatic rings. The van der Waals surface area contributed by atoms with Gasteiger partial charge in [-0.2, -0.15) is 0 Å². The third-order valence-corrected chi connectivity index (χ3v) is 2.89. The fourth-order valence-electron chi connectivity index (χ4n) is 1.46. The van der Waals surface area contributed by atoms with Crippen LogP contribution < -0.4 is 19.9 Å². The van der Waals surface area contributed by atoms with Crippen molar-refractivity contribution in [2.75, 3.05) is 18.9 Å². The van der Waals surface area contributed by atoms with Crippen LogP contribution in [0.2, 0.25) is 0 Å². The Labute approximate surface area is 107 Å². The van der Waals surface area contributed by atoms with Gasteiger partial charge in [-0.05, 0) is 23.5 Å². The largest absolute Gasteiger partial charge is 0.484 e. The molecule has 94 valence electrons. The Morgan fingerprint density at radius 2 is 2.17 bits per heavy atom. The summed E-state index contributed by atoms with van der Waals surface area (Å²) in [6.07, 6.45) is 0. The third kappa shape index (κ3) is 2.28. The van der Waals surface area contributed by atoms with Crippen molar-refractivity contribution in [3.8, 4) is 16.8 Å². The molecule has 0 fully saturated rings. The van der Waals surface area contributed by atoms with Crippen LogP contribution in [0.4, 0.5) is 5.13 Å². The first kappa shape index (κ1) is 11.0. The molecular formula is C10H10N4O3S. The maximum absolute atomic E-state index is 5.45. The van der Waals surface area contributed by atoms with Crippen molar-refractivity contribution in [1.82, 2.24) is 15.2 Å². The van der Waals surface area contributed by atoms with Crippen LogP contribution in [0.3, 0.4) is 0 Å². The molecule has 18 heavy (non-hydrogen) atoms. The Morgan fingerprint density at radius 3 is 3.00 bits per heavy atom.